The third-order valence-electron chi connectivity index (χ3n) is 2.63. The van der Waals surface area contributed by atoms with E-state index in [1.807, 2.05) is 0 Å². The van der Waals surface area contributed by atoms with Gasteiger partial charge >= 0.3 is 6.03 Å². The van der Waals surface area contributed by atoms with Crippen LogP contribution in [0, 0.1) is 0 Å². The molecule has 0 aliphatic carbocycles. The Morgan fingerprint density at radius 1 is 1.00 bits per heavy atom. The zero-order valence-electron chi connectivity index (χ0n) is 7.55. The zero-order valence-corrected chi connectivity index (χ0v) is 7.55. The minimum atomic E-state index is -1.22. The summed E-state index contributed by atoms with van der Waals surface area (Å²) in [4.78, 5) is 33.9. The Balaban J connectivity index is 2.27. The molecule has 6 heteroatoms. The molecule has 2 saturated heterocycles. The van der Waals surface area contributed by atoms with Crippen LogP contribution in [-0.4, -0.2) is 29.9 Å². The van der Waals surface area contributed by atoms with Gasteiger partial charge in [0.1, 0.15) is 0 Å². The number of carbonyl (C=O) groups is 3. The highest BCUT2D eigenvalue weighted by atomic mass is 16.2. The monoisotopic (exact) mass is 197 g/mol. The fraction of sp³-hybridized carbons (Fsp3) is 0.625. The third-order valence-corrected chi connectivity index (χ3v) is 2.63. The number of rotatable bonds is 0. The van der Waals surface area contributed by atoms with Gasteiger partial charge in [0, 0.05) is 0 Å². The van der Waals surface area contributed by atoms with Gasteiger partial charge in [0.25, 0.3) is 11.8 Å². The van der Waals surface area contributed by atoms with Crippen LogP contribution >= 0.6 is 0 Å². The van der Waals surface area contributed by atoms with Crippen molar-refractivity contribution in [3.8, 4) is 0 Å². The van der Waals surface area contributed by atoms with Crippen LogP contribution in [-0.2, 0) is 9.59 Å². The average molecular weight is 197 g/mol. The molecule has 2 heterocycles. The quantitative estimate of drug-likeness (QED) is 0.428. The summed E-state index contributed by atoms with van der Waals surface area (Å²) in [7, 11) is 0. The molecule has 0 aromatic carbocycles. The maximum atomic E-state index is 11.5. The number of amides is 4. The number of hydrogen-bond acceptors (Lipinski definition) is 4. The van der Waals surface area contributed by atoms with Crippen LogP contribution in [0.25, 0.3) is 0 Å². The van der Waals surface area contributed by atoms with Gasteiger partial charge in [0.2, 0.25) is 0 Å². The van der Waals surface area contributed by atoms with Gasteiger partial charge in [0.05, 0.1) is 0 Å². The van der Waals surface area contributed by atoms with E-state index in [0.717, 1.165) is 12.8 Å². The van der Waals surface area contributed by atoms with Crippen molar-refractivity contribution in [2.75, 3.05) is 6.54 Å². The maximum Gasteiger partial charge on any atom is 0.328 e. The Morgan fingerprint density at radius 3 is 2.14 bits per heavy atom. The SMILES string of the molecule is O=C1NC(=O)C2(CCCCN2)C(=O)N1. The Labute approximate surface area is 80.4 Å². The van der Waals surface area contributed by atoms with Crippen LogP contribution < -0.4 is 16.0 Å². The summed E-state index contributed by atoms with van der Waals surface area (Å²) in [6, 6.07) is -0.738. The number of barbiturate groups is 1. The van der Waals surface area contributed by atoms with Crippen LogP contribution in [0.5, 0.6) is 0 Å². The highest BCUT2D eigenvalue weighted by Gasteiger charge is 2.50. The Kier molecular flexibility index (Phi) is 1.99. The number of carbonyl (C=O) groups excluding carboxylic acids is 3. The van der Waals surface area contributed by atoms with E-state index < -0.39 is 23.4 Å². The number of hydrogen-bond donors (Lipinski definition) is 3. The van der Waals surface area contributed by atoms with Gasteiger partial charge in [-0.15, -0.1) is 0 Å². The second-order valence-corrected chi connectivity index (χ2v) is 3.53. The van der Waals surface area contributed by atoms with Gasteiger partial charge in [0.15, 0.2) is 5.54 Å². The minimum Gasteiger partial charge on any atom is -0.295 e. The topological polar surface area (TPSA) is 87.3 Å². The van der Waals surface area contributed by atoms with Crippen molar-refractivity contribution in [3.63, 3.8) is 0 Å². The molecule has 3 N–H and O–H groups in total. The summed E-state index contributed by atoms with van der Waals surface area (Å²) in [5, 5.41) is 7.07. The molecule has 0 aromatic heterocycles. The standard InChI is InChI=1S/C8H11N3O3/c12-5-8(3-1-2-4-9-8)6(13)11-7(14)10-5/h9H,1-4H2,(H2,10,11,12,13,14). The highest BCUT2D eigenvalue weighted by Crippen LogP contribution is 2.21. The molecule has 2 aliphatic rings. The lowest BCUT2D eigenvalue weighted by Gasteiger charge is -2.37. The van der Waals surface area contributed by atoms with Crippen molar-refractivity contribution in [3.05, 3.63) is 0 Å². The van der Waals surface area contributed by atoms with E-state index in [2.05, 4.69) is 16.0 Å². The number of nitrogens with one attached hydrogen (secondary N) is 3. The van der Waals surface area contributed by atoms with E-state index in [1.165, 1.54) is 0 Å². The summed E-state index contributed by atoms with van der Waals surface area (Å²) in [5.74, 6) is -1.07. The molecular formula is C8H11N3O3. The molecule has 2 aliphatic heterocycles. The Hall–Kier alpha value is -1.43. The van der Waals surface area contributed by atoms with E-state index in [1.54, 1.807) is 0 Å². The summed E-state index contributed by atoms with van der Waals surface area (Å²) >= 11 is 0. The van der Waals surface area contributed by atoms with Gasteiger partial charge in [-0.05, 0) is 25.8 Å². The molecule has 0 unspecified atom stereocenters. The second-order valence-electron chi connectivity index (χ2n) is 3.53. The third kappa shape index (κ3) is 1.19. The molecule has 6 nitrogen and oxygen atoms in total. The average Bonchev–Trinajstić information content (AvgIpc) is 2.16. The maximum absolute atomic E-state index is 11.5. The van der Waals surface area contributed by atoms with E-state index >= 15 is 0 Å². The lowest BCUT2D eigenvalue weighted by atomic mass is 9.86. The van der Waals surface area contributed by atoms with Crippen molar-refractivity contribution in [1.82, 2.24) is 16.0 Å². The molecule has 76 valence electrons. The molecule has 4 amide bonds. The first-order valence-corrected chi connectivity index (χ1v) is 4.57. The summed E-state index contributed by atoms with van der Waals surface area (Å²) in [6.45, 7) is 0.620. The van der Waals surface area contributed by atoms with E-state index in [-0.39, 0.29) is 0 Å². The van der Waals surface area contributed by atoms with Gasteiger partial charge in [-0.25, -0.2) is 4.79 Å². The predicted molar refractivity (Wildman–Crippen MR) is 46.3 cm³/mol. The van der Waals surface area contributed by atoms with Crippen molar-refractivity contribution in [2.24, 2.45) is 0 Å². The fourth-order valence-electron chi connectivity index (χ4n) is 1.85. The predicted octanol–water partition coefficient (Wildman–Crippen LogP) is -1.14. The molecule has 0 atom stereocenters. The molecule has 14 heavy (non-hydrogen) atoms. The number of urea groups is 1. The largest absolute Gasteiger partial charge is 0.328 e. The van der Waals surface area contributed by atoms with Crippen molar-refractivity contribution < 1.29 is 14.4 Å². The van der Waals surface area contributed by atoms with Crippen molar-refractivity contribution >= 4 is 17.8 Å². The first kappa shape index (κ1) is 9.14. The Morgan fingerprint density at radius 2 is 1.64 bits per heavy atom. The lowest BCUT2D eigenvalue weighted by molar-refractivity contribution is -0.140. The van der Waals surface area contributed by atoms with Crippen LogP contribution in [0.1, 0.15) is 19.3 Å². The van der Waals surface area contributed by atoms with Crippen LogP contribution in [0.15, 0.2) is 0 Å². The first-order valence-electron chi connectivity index (χ1n) is 4.57. The Bertz CT molecular complexity index is 285. The molecule has 0 bridgehead atoms. The molecule has 0 aromatic rings. The van der Waals surface area contributed by atoms with Crippen molar-refractivity contribution in [2.45, 2.75) is 24.8 Å². The molecule has 2 fully saturated rings. The first-order chi connectivity index (χ1) is 6.65. The molecule has 0 saturated carbocycles. The molecule has 2 rings (SSSR count). The number of piperidine rings is 1. The van der Waals surface area contributed by atoms with Crippen molar-refractivity contribution in [1.29, 1.82) is 0 Å². The highest BCUT2D eigenvalue weighted by molar-refractivity contribution is 6.22. The van der Waals surface area contributed by atoms with E-state index in [0.29, 0.717) is 13.0 Å². The van der Waals surface area contributed by atoms with Gasteiger partial charge < -0.3 is 0 Å². The van der Waals surface area contributed by atoms with Gasteiger partial charge in [-0.1, -0.05) is 0 Å². The molecule has 0 radical (unpaired) electrons. The minimum absolute atomic E-state index is 0.442. The van der Waals surface area contributed by atoms with E-state index in [9.17, 15) is 14.4 Å². The fourth-order valence-corrected chi connectivity index (χ4v) is 1.85. The zero-order chi connectivity index (χ0) is 10.2. The normalized spacial score (nSPS) is 25.9. The van der Waals surface area contributed by atoms with Crippen LogP contribution in [0.2, 0.25) is 0 Å². The van der Waals surface area contributed by atoms with Gasteiger partial charge in [-0.2, -0.15) is 0 Å². The second kappa shape index (κ2) is 3.06. The summed E-state index contributed by atoms with van der Waals surface area (Å²) in [5.41, 5.74) is -1.22. The summed E-state index contributed by atoms with van der Waals surface area (Å²) < 4.78 is 0. The summed E-state index contributed by atoms with van der Waals surface area (Å²) in [6.07, 6.45) is 2.19. The van der Waals surface area contributed by atoms with E-state index in [4.69, 9.17) is 0 Å². The van der Waals surface area contributed by atoms with Crippen LogP contribution in [0.3, 0.4) is 0 Å². The van der Waals surface area contributed by atoms with Crippen LogP contribution in [0.4, 0.5) is 4.79 Å². The molecule has 1 spiro atoms. The smallest absolute Gasteiger partial charge is 0.295 e. The molecular weight excluding hydrogens is 186 g/mol. The lowest BCUT2D eigenvalue weighted by Crippen LogP contribution is -2.73. The number of imide groups is 2. The van der Waals surface area contributed by atoms with Gasteiger partial charge in [-0.3, -0.25) is 25.5 Å².